The fourth-order valence-corrected chi connectivity index (χ4v) is 1.22. The van der Waals surface area contributed by atoms with E-state index in [9.17, 15) is 19.2 Å². The Morgan fingerprint density at radius 3 is 2.44 bits per heavy atom. The Bertz CT molecular complexity index is 310. The van der Waals surface area contributed by atoms with Gasteiger partial charge in [0.15, 0.2) is 11.9 Å². The number of carbonyl (C=O) groups excluding carboxylic acids is 4. The quantitative estimate of drug-likeness (QED) is 0.443. The number of aldehydes is 1. The third-order valence-electron chi connectivity index (χ3n) is 2.06. The number of amides is 2. The molecule has 0 aliphatic carbocycles. The predicted octanol–water partition coefficient (Wildman–Crippen LogP) is -1.41. The van der Waals surface area contributed by atoms with E-state index in [1.165, 1.54) is 0 Å². The summed E-state index contributed by atoms with van der Waals surface area (Å²) in [5, 5.41) is 9.09. The maximum Gasteiger partial charge on any atom is 0.254 e. The highest BCUT2D eigenvalue weighted by atomic mass is 16.7. The van der Waals surface area contributed by atoms with Gasteiger partial charge in [-0.3, -0.25) is 19.2 Å². The Morgan fingerprint density at radius 1 is 1.44 bits per heavy atom. The van der Waals surface area contributed by atoms with Gasteiger partial charge < -0.3 is 9.90 Å². The Balaban J connectivity index is 2.67. The van der Waals surface area contributed by atoms with E-state index >= 15 is 0 Å². The minimum atomic E-state index is -1.28. The van der Waals surface area contributed by atoms with Crippen LogP contribution in [-0.4, -0.2) is 46.8 Å². The molecule has 1 saturated heterocycles. The number of hydrogen-bond acceptors (Lipinski definition) is 6. The lowest BCUT2D eigenvalue weighted by atomic mass is 10.2. The van der Waals surface area contributed by atoms with E-state index in [0.29, 0.717) is 11.3 Å². The van der Waals surface area contributed by atoms with Crippen molar-refractivity contribution < 1.29 is 29.1 Å². The van der Waals surface area contributed by atoms with E-state index in [0.717, 1.165) is 0 Å². The molecule has 7 heteroatoms. The number of hydrogen-bond donors (Lipinski definition) is 1. The molecule has 0 bridgehead atoms. The molecule has 1 unspecified atom stereocenters. The number of aliphatic hydroxyl groups is 1. The van der Waals surface area contributed by atoms with Gasteiger partial charge in [0, 0.05) is 19.3 Å². The minimum absolute atomic E-state index is 0.0277. The van der Waals surface area contributed by atoms with Gasteiger partial charge in [0.1, 0.15) is 12.9 Å². The van der Waals surface area contributed by atoms with E-state index in [2.05, 4.69) is 0 Å². The van der Waals surface area contributed by atoms with Crippen molar-refractivity contribution in [3.8, 4) is 0 Å². The number of aliphatic hydroxyl groups excluding tert-OH is 1. The maximum atomic E-state index is 11.2. The first-order chi connectivity index (χ1) is 7.60. The van der Waals surface area contributed by atoms with Gasteiger partial charge in [0.25, 0.3) is 11.8 Å². The topological polar surface area (TPSA) is 101 Å². The summed E-state index contributed by atoms with van der Waals surface area (Å²) in [6.45, 7) is -0.811. The van der Waals surface area contributed by atoms with Crippen LogP contribution in [0.1, 0.15) is 19.3 Å². The molecule has 16 heavy (non-hydrogen) atoms. The van der Waals surface area contributed by atoms with Crippen molar-refractivity contribution in [3.63, 3.8) is 0 Å². The van der Waals surface area contributed by atoms with Crippen molar-refractivity contribution in [2.24, 2.45) is 0 Å². The first-order valence-corrected chi connectivity index (χ1v) is 4.70. The number of rotatable bonds is 6. The molecule has 1 aliphatic heterocycles. The van der Waals surface area contributed by atoms with Crippen molar-refractivity contribution in [1.29, 1.82) is 0 Å². The maximum absolute atomic E-state index is 11.2. The van der Waals surface area contributed by atoms with E-state index in [4.69, 9.17) is 9.94 Å². The lowest BCUT2D eigenvalue weighted by Gasteiger charge is -2.19. The zero-order valence-electron chi connectivity index (χ0n) is 8.42. The normalized spacial score (nSPS) is 17.7. The smallest absolute Gasteiger partial charge is 0.254 e. The summed E-state index contributed by atoms with van der Waals surface area (Å²) in [6, 6.07) is 0. The second kappa shape index (κ2) is 5.47. The van der Waals surface area contributed by atoms with E-state index in [1.807, 2.05) is 0 Å². The molecule has 1 heterocycles. The molecule has 88 valence electrons. The van der Waals surface area contributed by atoms with Crippen LogP contribution in [0.15, 0.2) is 0 Å². The van der Waals surface area contributed by atoms with Crippen molar-refractivity contribution in [2.75, 3.05) is 6.61 Å². The third-order valence-corrected chi connectivity index (χ3v) is 2.06. The van der Waals surface area contributed by atoms with Crippen LogP contribution in [0.25, 0.3) is 0 Å². The van der Waals surface area contributed by atoms with Gasteiger partial charge in [-0.15, -0.1) is 0 Å². The Labute approximate surface area is 90.9 Å². The van der Waals surface area contributed by atoms with Crippen LogP contribution in [0.4, 0.5) is 0 Å². The lowest BCUT2D eigenvalue weighted by Crippen LogP contribution is -2.39. The first-order valence-electron chi connectivity index (χ1n) is 4.70. The SMILES string of the molecule is O=CCC(ON1C(=O)CCC1=O)C(=O)CO. The summed E-state index contributed by atoms with van der Waals surface area (Å²) in [5.41, 5.74) is 0. The van der Waals surface area contributed by atoms with Gasteiger partial charge in [-0.05, 0) is 0 Å². The number of hydroxylamine groups is 2. The van der Waals surface area contributed by atoms with Gasteiger partial charge in [-0.1, -0.05) is 0 Å². The molecule has 1 aliphatic rings. The molecule has 0 aromatic carbocycles. The number of nitrogens with zero attached hydrogens (tertiary/aromatic N) is 1. The monoisotopic (exact) mass is 229 g/mol. The van der Waals surface area contributed by atoms with Gasteiger partial charge in [-0.25, -0.2) is 0 Å². The van der Waals surface area contributed by atoms with Crippen LogP contribution in [0.2, 0.25) is 0 Å². The highest BCUT2D eigenvalue weighted by molar-refractivity contribution is 6.01. The molecule has 0 aromatic rings. The lowest BCUT2D eigenvalue weighted by molar-refractivity contribution is -0.203. The van der Waals surface area contributed by atoms with Crippen LogP contribution < -0.4 is 0 Å². The van der Waals surface area contributed by atoms with Crippen LogP contribution in [0, 0.1) is 0 Å². The van der Waals surface area contributed by atoms with Crippen LogP contribution in [0.5, 0.6) is 0 Å². The highest BCUT2D eigenvalue weighted by Gasteiger charge is 2.34. The summed E-state index contributed by atoms with van der Waals surface area (Å²) >= 11 is 0. The minimum Gasteiger partial charge on any atom is -0.388 e. The summed E-state index contributed by atoms with van der Waals surface area (Å²) < 4.78 is 0. The predicted molar refractivity (Wildman–Crippen MR) is 48.7 cm³/mol. The number of imide groups is 1. The Hall–Kier alpha value is -1.60. The second-order valence-electron chi connectivity index (χ2n) is 3.20. The summed E-state index contributed by atoms with van der Waals surface area (Å²) in [4.78, 5) is 48.5. The standard InChI is InChI=1S/C9H11NO6/c11-4-3-7(6(13)5-12)16-10-8(14)1-2-9(10)15/h4,7,12H,1-3,5H2. The molecule has 0 saturated carbocycles. The van der Waals surface area contributed by atoms with E-state index < -0.39 is 30.3 Å². The van der Waals surface area contributed by atoms with E-state index in [-0.39, 0.29) is 19.3 Å². The number of carbonyl (C=O) groups is 4. The van der Waals surface area contributed by atoms with Crippen molar-refractivity contribution in [1.82, 2.24) is 5.06 Å². The fourth-order valence-electron chi connectivity index (χ4n) is 1.22. The average Bonchev–Trinajstić information content (AvgIpc) is 2.58. The molecule has 1 rings (SSSR count). The van der Waals surface area contributed by atoms with Gasteiger partial charge >= 0.3 is 0 Å². The molecule has 1 N–H and O–H groups in total. The van der Waals surface area contributed by atoms with Crippen LogP contribution in [-0.2, 0) is 24.0 Å². The molecule has 0 radical (unpaired) electrons. The summed E-state index contributed by atoms with van der Waals surface area (Å²) in [7, 11) is 0. The molecular formula is C9H11NO6. The summed E-state index contributed by atoms with van der Waals surface area (Å²) in [5.74, 6) is -1.85. The second-order valence-corrected chi connectivity index (χ2v) is 3.20. The summed E-state index contributed by atoms with van der Waals surface area (Å²) in [6.07, 6.45) is -1.12. The molecule has 1 atom stereocenters. The zero-order valence-corrected chi connectivity index (χ0v) is 8.42. The van der Waals surface area contributed by atoms with Crippen LogP contribution in [0.3, 0.4) is 0 Å². The molecule has 2 amide bonds. The molecule has 0 spiro atoms. The van der Waals surface area contributed by atoms with E-state index in [1.54, 1.807) is 0 Å². The number of ketones is 1. The molecule has 0 aromatic heterocycles. The molecule has 7 nitrogen and oxygen atoms in total. The van der Waals surface area contributed by atoms with Gasteiger partial charge in [0.05, 0.1) is 0 Å². The largest absolute Gasteiger partial charge is 0.388 e. The molecular weight excluding hydrogens is 218 g/mol. The van der Waals surface area contributed by atoms with Crippen molar-refractivity contribution in [3.05, 3.63) is 0 Å². The van der Waals surface area contributed by atoms with Gasteiger partial charge in [0.2, 0.25) is 0 Å². The number of Topliss-reactive ketones (excluding diaryl/α,β-unsaturated/α-hetero) is 1. The highest BCUT2D eigenvalue weighted by Crippen LogP contribution is 2.14. The third kappa shape index (κ3) is 2.71. The Kier molecular flexibility index (Phi) is 4.27. The van der Waals surface area contributed by atoms with Crippen molar-refractivity contribution in [2.45, 2.75) is 25.4 Å². The average molecular weight is 229 g/mol. The van der Waals surface area contributed by atoms with Crippen molar-refractivity contribution >= 4 is 23.9 Å². The molecule has 1 fully saturated rings. The fraction of sp³-hybridized carbons (Fsp3) is 0.556. The van der Waals surface area contributed by atoms with Crippen LogP contribution >= 0.6 is 0 Å². The Morgan fingerprint density at radius 2 is 2.00 bits per heavy atom. The zero-order chi connectivity index (χ0) is 12.1. The van der Waals surface area contributed by atoms with Gasteiger partial charge in [-0.2, -0.15) is 5.06 Å². The first kappa shape index (κ1) is 12.5.